The quantitative estimate of drug-likeness (QED) is 0.403. The second-order valence-corrected chi connectivity index (χ2v) is 10.9. The van der Waals surface area contributed by atoms with Crippen LogP contribution < -0.4 is 4.90 Å². The SMILES string of the molecule is O=C1C2C3C=C[C@@H](C3)[C@@H]2C(=O)N1CC(CN1CCN(c2cccc(Cl)c2)CC1)OCc1ccccc1. The van der Waals surface area contributed by atoms with Crippen LogP contribution in [-0.2, 0) is 20.9 Å². The van der Waals surface area contributed by atoms with E-state index in [9.17, 15) is 9.59 Å². The van der Waals surface area contributed by atoms with E-state index in [4.69, 9.17) is 16.3 Å². The van der Waals surface area contributed by atoms with Crippen LogP contribution in [0, 0.1) is 23.7 Å². The zero-order valence-electron chi connectivity index (χ0n) is 20.3. The highest BCUT2D eigenvalue weighted by molar-refractivity contribution is 6.30. The smallest absolute Gasteiger partial charge is 0.233 e. The predicted octanol–water partition coefficient (Wildman–Crippen LogP) is 3.85. The molecule has 7 heteroatoms. The lowest BCUT2D eigenvalue weighted by Gasteiger charge is -2.38. The number of anilines is 1. The summed E-state index contributed by atoms with van der Waals surface area (Å²) in [6.07, 6.45) is 5.00. The molecule has 5 atom stereocenters. The summed E-state index contributed by atoms with van der Waals surface area (Å²) in [6.45, 7) is 5.04. The van der Waals surface area contributed by atoms with Crippen LogP contribution in [0.15, 0.2) is 66.7 Å². The van der Waals surface area contributed by atoms with Gasteiger partial charge < -0.3 is 9.64 Å². The molecule has 0 N–H and O–H groups in total. The van der Waals surface area contributed by atoms with Gasteiger partial charge in [-0.2, -0.15) is 0 Å². The maximum atomic E-state index is 13.3. The molecule has 3 fully saturated rings. The largest absolute Gasteiger partial charge is 0.370 e. The summed E-state index contributed by atoms with van der Waals surface area (Å²) in [4.78, 5) is 32.8. The molecule has 188 valence electrons. The lowest BCUT2D eigenvalue weighted by atomic mass is 9.85. The fourth-order valence-electron chi connectivity index (χ4n) is 6.45. The zero-order valence-corrected chi connectivity index (χ0v) is 21.1. The fraction of sp³-hybridized carbons (Fsp3) is 0.448. The molecule has 36 heavy (non-hydrogen) atoms. The van der Waals surface area contributed by atoms with Crippen LogP contribution in [0.1, 0.15) is 12.0 Å². The van der Waals surface area contributed by atoms with Gasteiger partial charge in [0.2, 0.25) is 11.8 Å². The van der Waals surface area contributed by atoms with E-state index in [1.54, 1.807) is 0 Å². The van der Waals surface area contributed by atoms with Crippen LogP contribution in [-0.4, -0.2) is 67.0 Å². The number of carbonyl (C=O) groups is 2. The molecule has 6 nitrogen and oxygen atoms in total. The molecule has 2 heterocycles. The molecule has 2 aromatic rings. The Morgan fingerprint density at radius 2 is 1.56 bits per heavy atom. The lowest BCUT2D eigenvalue weighted by molar-refractivity contribution is -0.143. The molecule has 4 aliphatic rings. The number of amides is 2. The fourth-order valence-corrected chi connectivity index (χ4v) is 6.63. The van der Waals surface area contributed by atoms with Crippen LogP contribution >= 0.6 is 11.6 Å². The Labute approximate surface area is 217 Å². The van der Waals surface area contributed by atoms with Crippen molar-refractivity contribution in [3.05, 3.63) is 77.3 Å². The van der Waals surface area contributed by atoms with Crippen molar-refractivity contribution in [1.82, 2.24) is 9.80 Å². The first-order chi connectivity index (χ1) is 17.6. The van der Waals surface area contributed by atoms with Gasteiger partial charge in [0.1, 0.15) is 0 Å². The molecule has 2 saturated heterocycles. The number of piperazine rings is 1. The van der Waals surface area contributed by atoms with Crippen molar-refractivity contribution in [3.8, 4) is 0 Å². The first-order valence-electron chi connectivity index (χ1n) is 13.0. The van der Waals surface area contributed by atoms with Crippen molar-refractivity contribution < 1.29 is 14.3 Å². The van der Waals surface area contributed by atoms with Crippen molar-refractivity contribution in [1.29, 1.82) is 0 Å². The van der Waals surface area contributed by atoms with Gasteiger partial charge in [0, 0.05) is 43.4 Å². The van der Waals surface area contributed by atoms with Crippen LogP contribution in [0.5, 0.6) is 0 Å². The summed E-state index contributed by atoms with van der Waals surface area (Å²) < 4.78 is 6.37. The van der Waals surface area contributed by atoms with E-state index in [1.807, 2.05) is 48.5 Å². The topological polar surface area (TPSA) is 53.1 Å². The van der Waals surface area contributed by atoms with E-state index in [-0.39, 0.29) is 41.6 Å². The third-order valence-electron chi connectivity index (χ3n) is 8.28. The number of rotatable bonds is 8. The molecule has 2 aliphatic carbocycles. The number of hydrogen-bond donors (Lipinski definition) is 0. The molecular weight excluding hydrogens is 474 g/mol. The normalized spacial score (nSPS) is 28.2. The third kappa shape index (κ3) is 4.58. The van der Waals surface area contributed by atoms with Gasteiger partial charge >= 0.3 is 0 Å². The van der Waals surface area contributed by atoms with Gasteiger partial charge in [0.15, 0.2) is 0 Å². The molecule has 2 amide bonds. The summed E-state index contributed by atoms with van der Waals surface area (Å²) in [5.74, 6) is 0.128. The van der Waals surface area contributed by atoms with Crippen molar-refractivity contribution in [2.24, 2.45) is 23.7 Å². The van der Waals surface area contributed by atoms with Crippen molar-refractivity contribution in [2.75, 3.05) is 44.2 Å². The Morgan fingerprint density at radius 1 is 0.861 bits per heavy atom. The number of benzene rings is 2. The van der Waals surface area contributed by atoms with Gasteiger partial charge in [-0.1, -0.05) is 60.2 Å². The average molecular weight is 506 g/mol. The molecule has 0 aromatic heterocycles. The molecule has 6 rings (SSSR count). The summed E-state index contributed by atoms with van der Waals surface area (Å²) in [5, 5.41) is 0.748. The summed E-state index contributed by atoms with van der Waals surface area (Å²) in [5.41, 5.74) is 2.23. The summed E-state index contributed by atoms with van der Waals surface area (Å²) in [7, 11) is 0. The second-order valence-electron chi connectivity index (χ2n) is 10.5. The molecule has 1 saturated carbocycles. The highest BCUT2D eigenvalue weighted by atomic mass is 35.5. The van der Waals surface area contributed by atoms with E-state index in [0.717, 1.165) is 48.9 Å². The monoisotopic (exact) mass is 505 g/mol. The first kappa shape index (κ1) is 23.7. The molecular formula is C29H32ClN3O3. The highest BCUT2D eigenvalue weighted by Gasteiger charge is 2.59. The number of halogens is 1. The average Bonchev–Trinajstić information content (AvgIpc) is 3.58. The Hall–Kier alpha value is -2.67. The number of fused-ring (bicyclic) bond motifs is 5. The summed E-state index contributed by atoms with van der Waals surface area (Å²) >= 11 is 6.19. The number of ether oxygens (including phenoxy) is 1. The van der Waals surface area contributed by atoms with Gasteiger partial charge in [-0.05, 0) is 42.0 Å². The van der Waals surface area contributed by atoms with E-state index in [1.165, 1.54) is 4.90 Å². The Morgan fingerprint density at radius 3 is 2.22 bits per heavy atom. The second kappa shape index (κ2) is 10.0. The van der Waals surface area contributed by atoms with Crippen molar-refractivity contribution >= 4 is 29.1 Å². The number of carbonyl (C=O) groups excluding carboxylic acids is 2. The zero-order chi connectivity index (χ0) is 24.6. The maximum absolute atomic E-state index is 13.3. The number of allylic oxidation sites excluding steroid dienone is 2. The lowest BCUT2D eigenvalue weighted by Crippen LogP contribution is -2.51. The molecule has 2 aliphatic heterocycles. The van der Waals surface area contributed by atoms with E-state index in [0.29, 0.717) is 19.7 Å². The first-order valence-corrected chi connectivity index (χ1v) is 13.4. The molecule has 2 bridgehead atoms. The van der Waals surface area contributed by atoms with Crippen LogP contribution in [0.2, 0.25) is 5.02 Å². The van der Waals surface area contributed by atoms with Gasteiger partial charge in [0.25, 0.3) is 0 Å². The van der Waals surface area contributed by atoms with Crippen LogP contribution in [0.4, 0.5) is 5.69 Å². The Balaban J connectivity index is 1.12. The van der Waals surface area contributed by atoms with E-state index in [2.05, 4.69) is 28.0 Å². The van der Waals surface area contributed by atoms with Crippen LogP contribution in [0.25, 0.3) is 0 Å². The Bertz CT molecular complexity index is 1120. The van der Waals surface area contributed by atoms with Gasteiger partial charge in [-0.25, -0.2) is 0 Å². The van der Waals surface area contributed by atoms with Crippen molar-refractivity contribution in [2.45, 2.75) is 19.1 Å². The predicted molar refractivity (Wildman–Crippen MR) is 140 cm³/mol. The molecule has 0 spiro atoms. The minimum absolute atomic E-state index is 0.000867. The molecule has 3 unspecified atom stereocenters. The maximum Gasteiger partial charge on any atom is 0.233 e. The van der Waals surface area contributed by atoms with Gasteiger partial charge in [-0.3, -0.25) is 19.4 Å². The van der Waals surface area contributed by atoms with Gasteiger partial charge in [0.05, 0.1) is 31.1 Å². The van der Waals surface area contributed by atoms with Crippen molar-refractivity contribution in [3.63, 3.8) is 0 Å². The van der Waals surface area contributed by atoms with E-state index < -0.39 is 0 Å². The molecule has 2 aromatic carbocycles. The van der Waals surface area contributed by atoms with E-state index >= 15 is 0 Å². The highest BCUT2D eigenvalue weighted by Crippen LogP contribution is 2.52. The van der Waals surface area contributed by atoms with Crippen LogP contribution in [0.3, 0.4) is 0 Å². The number of imide groups is 1. The number of hydrogen-bond acceptors (Lipinski definition) is 5. The minimum atomic E-state index is -0.236. The number of likely N-dealkylation sites (tertiary alicyclic amines) is 1. The molecule has 0 radical (unpaired) electrons. The third-order valence-corrected chi connectivity index (χ3v) is 8.52. The van der Waals surface area contributed by atoms with Gasteiger partial charge in [-0.15, -0.1) is 0 Å². The summed E-state index contributed by atoms with van der Waals surface area (Å²) in [6, 6.07) is 18.1. The Kier molecular flexibility index (Phi) is 6.59. The minimum Gasteiger partial charge on any atom is -0.370 e. The standard InChI is InChI=1S/C29H32ClN3O3/c30-23-7-4-8-24(16-23)32-13-11-31(12-14-32)17-25(36-19-20-5-2-1-3-6-20)18-33-28(34)26-21-9-10-22(15-21)27(26)29(33)35/h1-10,16,21-22,25-27H,11-15,17-19H2/t21-,22?,25?,26-,27?/m0/s1. The number of nitrogens with zero attached hydrogens (tertiary/aromatic N) is 3.